The average Bonchev–Trinajstić information content (AvgIpc) is 3.14. The minimum atomic E-state index is -4.57. The molecule has 0 aliphatic rings. The van der Waals surface area contributed by atoms with E-state index in [0.29, 0.717) is 15.7 Å². The molecule has 126 valence electrons. The first-order chi connectivity index (χ1) is 11.9. The second-order valence-corrected chi connectivity index (χ2v) is 6.11. The first kappa shape index (κ1) is 15.5. The maximum absolute atomic E-state index is 13.0. The maximum Gasteiger partial charge on any atom is 0.419 e. The van der Waals surface area contributed by atoms with E-state index >= 15 is 0 Å². The van der Waals surface area contributed by atoms with Crippen molar-refractivity contribution in [2.45, 2.75) is 6.18 Å². The molecule has 2 N–H and O–H groups in total. The molecule has 0 bridgehead atoms. The summed E-state index contributed by atoms with van der Waals surface area (Å²) < 4.78 is 40.4. The largest absolute Gasteiger partial charge is 0.419 e. The van der Waals surface area contributed by atoms with Crippen LogP contribution in [0.4, 0.5) is 19.0 Å². The van der Waals surface area contributed by atoms with Gasteiger partial charge in [-0.05, 0) is 18.2 Å². The second kappa shape index (κ2) is 5.52. The summed E-state index contributed by atoms with van der Waals surface area (Å²) in [7, 11) is 0. The number of nitrogen functional groups attached to an aromatic ring is 1. The number of hydrogen-bond donors (Lipinski definition) is 1. The highest BCUT2D eigenvalue weighted by atomic mass is 32.1. The van der Waals surface area contributed by atoms with Gasteiger partial charge in [0.15, 0.2) is 0 Å². The minimum absolute atomic E-state index is 0.224. The van der Waals surface area contributed by atoms with Crippen molar-refractivity contribution < 1.29 is 13.2 Å². The molecule has 0 aromatic carbocycles. The number of alkyl halides is 3. The van der Waals surface area contributed by atoms with Crippen LogP contribution in [0.5, 0.6) is 0 Å². The molecule has 0 aliphatic heterocycles. The number of imidazole rings is 1. The molecule has 6 nitrogen and oxygen atoms in total. The zero-order chi connectivity index (χ0) is 17.6. The molecule has 10 heteroatoms. The molecule has 4 rings (SSSR count). The number of halogens is 3. The van der Waals surface area contributed by atoms with E-state index in [1.165, 1.54) is 22.0 Å². The van der Waals surface area contributed by atoms with Crippen LogP contribution in [-0.4, -0.2) is 24.6 Å². The van der Waals surface area contributed by atoms with Crippen LogP contribution in [-0.2, 0) is 6.18 Å². The molecular formula is C15H9F3N6S. The van der Waals surface area contributed by atoms with Crippen molar-refractivity contribution in [3.05, 3.63) is 48.5 Å². The van der Waals surface area contributed by atoms with E-state index in [2.05, 4.69) is 20.1 Å². The fourth-order valence-corrected chi connectivity index (χ4v) is 3.16. The highest BCUT2D eigenvalue weighted by molar-refractivity contribution is 7.19. The number of fused-ring (bicyclic) bond motifs is 1. The molecule has 4 aromatic rings. The van der Waals surface area contributed by atoms with E-state index in [9.17, 15) is 13.2 Å². The number of anilines is 1. The third-order valence-electron chi connectivity index (χ3n) is 3.47. The molecule has 0 radical (unpaired) electrons. The summed E-state index contributed by atoms with van der Waals surface area (Å²) in [5, 5.41) is 5.10. The van der Waals surface area contributed by atoms with Gasteiger partial charge in [-0.2, -0.15) is 18.3 Å². The fraction of sp³-hybridized carbons (Fsp3) is 0.0667. The molecule has 0 fully saturated rings. The highest BCUT2D eigenvalue weighted by Gasteiger charge is 2.34. The van der Waals surface area contributed by atoms with Gasteiger partial charge in [-0.1, -0.05) is 11.3 Å². The quantitative estimate of drug-likeness (QED) is 0.590. The summed E-state index contributed by atoms with van der Waals surface area (Å²) in [6, 6.07) is 4.60. The molecule has 0 unspecified atom stereocenters. The molecule has 0 spiro atoms. The van der Waals surface area contributed by atoms with Crippen molar-refractivity contribution in [1.29, 1.82) is 0 Å². The number of aromatic nitrogens is 5. The Kier molecular flexibility index (Phi) is 3.42. The van der Waals surface area contributed by atoms with Gasteiger partial charge in [0.2, 0.25) is 4.96 Å². The lowest BCUT2D eigenvalue weighted by Gasteiger charge is -2.09. The van der Waals surface area contributed by atoms with E-state index < -0.39 is 17.6 Å². The van der Waals surface area contributed by atoms with Crippen molar-refractivity contribution in [2.75, 3.05) is 5.73 Å². The lowest BCUT2D eigenvalue weighted by molar-refractivity contribution is -0.137. The van der Waals surface area contributed by atoms with E-state index in [0.717, 1.165) is 11.6 Å². The van der Waals surface area contributed by atoms with Gasteiger partial charge in [-0.15, -0.1) is 0 Å². The van der Waals surface area contributed by atoms with Crippen LogP contribution in [0, 0.1) is 0 Å². The average molecular weight is 362 g/mol. The zero-order valence-electron chi connectivity index (χ0n) is 12.4. The molecule has 0 amide bonds. The molecule has 0 aliphatic carbocycles. The normalized spacial score (nSPS) is 12.0. The predicted molar refractivity (Wildman–Crippen MR) is 86.7 cm³/mol. The molecular weight excluding hydrogens is 353 g/mol. The van der Waals surface area contributed by atoms with Gasteiger partial charge in [0, 0.05) is 29.7 Å². The van der Waals surface area contributed by atoms with E-state index in [1.54, 1.807) is 24.7 Å². The minimum Gasteiger partial charge on any atom is -0.383 e. The third kappa shape index (κ3) is 2.80. The number of nitrogens with two attached hydrogens (primary N) is 1. The van der Waals surface area contributed by atoms with Crippen molar-refractivity contribution in [2.24, 2.45) is 0 Å². The monoisotopic (exact) mass is 362 g/mol. The second-order valence-electron chi connectivity index (χ2n) is 5.16. The topological polar surface area (TPSA) is 82.0 Å². The van der Waals surface area contributed by atoms with Gasteiger partial charge in [0.25, 0.3) is 0 Å². The Morgan fingerprint density at radius 3 is 2.68 bits per heavy atom. The van der Waals surface area contributed by atoms with E-state index in [-0.39, 0.29) is 5.56 Å². The lowest BCUT2D eigenvalue weighted by Crippen LogP contribution is -2.10. The van der Waals surface area contributed by atoms with Crippen LogP contribution >= 0.6 is 11.3 Å². The zero-order valence-corrected chi connectivity index (χ0v) is 13.2. The molecule has 0 saturated heterocycles. The number of rotatable bonds is 2. The van der Waals surface area contributed by atoms with Crippen molar-refractivity contribution >= 4 is 22.1 Å². The first-order valence-corrected chi connectivity index (χ1v) is 7.83. The fourth-order valence-electron chi connectivity index (χ4n) is 2.29. The smallest absolute Gasteiger partial charge is 0.383 e. The van der Waals surface area contributed by atoms with Gasteiger partial charge in [-0.3, -0.25) is 4.98 Å². The van der Waals surface area contributed by atoms with E-state index in [1.807, 2.05) is 6.07 Å². The summed E-state index contributed by atoms with van der Waals surface area (Å²) in [5.41, 5.74) is 5.75. The Bertz CT molecular complexity index is 1020. The van der Waals surface area contributed by atoms with Crippen molar-refractivity contribution in [3.63, 3.8) is 0 Å². The van der Waals surface area contributed by atoms with Gasteiger partial charge in [-0.25, -0.2) is 14.5 Å². The van der Waals surface area contributed by atoms with E-state index in [4.69, 9.17) is 5.73 Å². The molecule has 4 aromatic heterocycles. The molecule has 0 saturated carbocycles. The summed E-state index contributed by atoms with van der Waals surface area (Å²) in [6.07, 6.45) is 1.58. The summed E-state index contributed by atoms with van der Waals surface area (Å²) >= 11 is 1.31. The van der Waals surface area contributed by atoms with Crippen LogP contribution in [0.1, 0.15) is 5.56 Å². The molecule has 0 atom stereocenters. The highest BCUT2D eigenvalue weighted by Crippen LogP contribution is 2.35. The van der Waals surface area contributed by atoms with Crippen LogP contribution in [0.25, 0.3) is 26.8 Å². The van der Waals surface area contributed by atoms with Gasteiger partial charge in [0.05, 0.1) is 17.5 Å². The SMILES string of the molecule is Nc1ncc(-c2cn3nc(-c4cccnc4)sc3n2)cc1C(F)(F)F. The van der Waals surface area contributed by atoms with Crippen LogP contribution in [0.15, 0.2) is 43.0 Å². The Morgan fingerprint density at radius 2 is 2.00 bits per heavy atom. The molecule has 25 heavy (non-hydrogen) atoms. The van der Waals surface area contributed by atoms with Crippen molar-refractivity contribution in [1.82, 2.24) is 24.6 Å². The molecule has 4 heterocycles. The maximum atomic E-state index is 13.0. The van der Waals surface area contributed by atoms with Crippen LogP contribution in [0.3, 0.4) is 0 Å². The summed E-state index contributed by atoms with van der Waals surface area (Å²) in [5.74, 6) is -0.561. The summed E-state index contributed by atoms with van der Waals surface area (Å²) in [6.45, 7) is 0. The number of nitrogens with zero attached hydrogens (tertiary/aromatic N) is 5. The summed E-state index contributed by atoms with van der Waals surface area (Å²) in [4.78, 5) is 12.5. The number of pyridine rings is 2. The van der Waals surface area contributed by atoms with Gasteiger partial charge in [0.1, 0.15) is 10.8 Å². The Hall–Kier alpha value is -3.01. The Balaban J connectivity index is 1.75. The van der Waals surface area contributed by atoms with Gasteiger partial charge < -0.3 is 5.73 Å². The number of hydrogen-bond acceptors (Lipinski definition) is 6. The van der Waals surface area contributed by atoms with Crippen LogP contribution in [0.2, 0.25) is 0 Å². The van der Waals surface area contributed by atoms with Crippen molar-refractivity contribution in [3.8, 4) is 21.8 Å². The Morgan fingerprint density at radius 1 is 1.16 bits per heavy atom. The lowest BCUT2D eigenvalue weighted by atomic mass is 10.1. The van der Waals surface area contributed by atoms with Gasteiger partial charge >= 0.3 is 6.18 Å². The predicted octanol–water partition coefficient (Wildman–Crippen LogP) is 3.52. The van der Waals surface area contributed by atoms with Crippen LogP contribution < -0.4 is 5.73 Å². The standard InChI is InChI=1S/C15H9F3N6S/c16-15(17,18)10-4-9(6-21-12(10)19)11-7-24-14(22-11)25-13(23-24)8-2-1-3-20-5-8/h1-7H,(H2,19,21). The Labute approximate surface area is 142 Å². The first-order valence-electron chi connectivity index (χ1n) is 7.01. The third-order valence-corrected chi connectivity index (χ3v) is 4.44.